The van der Waals surface area contributed by atoms with Gasteiger partial charge >= 0.3 is 0 Å². The van der Waals surface area contributed by atoms with E-state index in [1.165, 1.54) is 18.2 Å². The zero-order valence-corrected chi connectivity index (χ0v) is 17.2. The molecule has 0 saturated carbocycles. The molecule has 0 aliphatic carbocycles. The van der Waals surface area contributed by atoms with Crippen LogP contribution in [-0.2, 0) is 9.84 Å². The van der Waals surface area contributed by atoms with Gasteiger partial charge in [0.1, 0.15) is 0 Å². The first-order chi connectivity index (χ1) is 13.3. The Morgan fingerprint density at radius 1 is 0.893 bits per heavy atom. The van der Waals surface area contributed by atoms with Crippen molar-refractivity contribution < 1.29 is 13.2 Å². The number of halogens is 2. The quantitative estimate of drug-likeness (QED) is 0.620. The molecule has 7 heteroatoms. The summed E-state index contributed by atoms with van der Waals surface area (Å²) in [7, 11) is -3.56. The van der Waals surface area contributed by atoms with Crippen molar-refractivity contribution in [2.24, 2.45) is 0 Å². The molecule has 0 aromatic heterocycles. The second-order valence-electron chi connectivity index (χ2n) is 6.29. The maximum Gasteiger partial charge on any atom is 0.252 e. The molecular formula is C21H17Cl2NO3S. The Kier molecular flexibility index (Phi) is 6.08. The van der Waals surface area contributed by atoms with Crippen molar-refractivity contribution in [1.29, 1.82) is 0 Å². The Morgan fingerprint density at radius 2 is 1.57 bits per heavy atom. The molecule has 0 aliphatic rings. The standard InChI is InChI=1S/C21H17Cl2NO3S/c1-28(26,27)19-13-16(10-11-18(19)23)21(25)24-20(14-6-3-2-4-7-14)15-8-5-9-17(22)12-15/h2-13,20H,1H3,(H,24,25). The van der Waals surface area contributed by atoms with E-state index < -0.39 is 21.8 Å². The topological polar surface area (TPSA) is 63.2 Å². The van der Waals surface area contributed by atoms with Crippen LogP contribution in [0.2, 0.25) is 10.0 Å². The molecule has 0 radical (unpaired) electrons. The van der Waals surface area contributed by atoms with E-state index in [0.717, 1.165) is 17.4 Å². The first kappa shape index (κ1) is 20.4. The third-order valence-corrected chi connectivity index (χ3v) is 6.00. The van der Waals surface area contributed by atoms with Crippen molar-refractivity contribution in [3.63, 3.8) is 0 Å². The molecule has 1 amide bonds. The van der Waals surface area contributed by atoms with Crippen LogP contribution in [0, 0.1) is 0 Å². The number of carbonyl (C=O) groups is 1. The van der Waals surface area contributed by atoms with E-state index in [-0.39, 0.29) is 15.5 Å². The molecule has 0 spiro atoms. The number of nitrogens with one attached hydrogen (secondary N) is 1. The summed E-state index contributed by atoms with van der Waals surface area (Å²) in [5, 5.41) is 3.59. The lowest BCUT2D eigenvalue weighted by Crippen LogP contribution is -2.29. The molecule has 0 saturated heterocycles. The summed E-state index contributed by atoms with van der Waals surface area (Å²) in [5.41, 5.74) is 1.88. The van der Waals surface area contributed by atoms with Gasteiger partial charge in [-0.05, 0) is 41.5 Å². The molecule has 0 bridgehead atoms. The van der Waals surface area contributed by atoms with E-state index in [1.807, 2.05) is 42.5 Å². The molecule has 3 aromatic carbocycles. The van der Waals surface area contributed by atoms with Crippen molar-refractivity contribution in [2.45, 2.75) is 10.9 Å². The minimum atomic E-state index is -3.56. The maximum atomic E-state index is 12.9. The fourth-order valence-electron chi connectivity index (χ4n) is 2.83. The third kappa shape index (κ3) is 4.73. The fourth-order valence-corrected chi connectivity index (χ4v) is 4.33. The average Bonchev–Trinajstić information content (AvgIpc) is 2.66. The Labute approximate surface area is 174 Å². The number of rotatable bonds is 5. The van der Waals surface area contributed by atoms with Gasteiger partial charge in [-0.2, -0.15) is 0 Å². The normalized spacial score (nSPS) is 12.4. The van der Waals surface area contributed by atoms with Gasteiger partial charge in [0, 0.05) is 16.8 Å². The molecule has 3 aromatic rings. The van der Waals surface area contributed by atoms with Gasteiger partial charge in [-0.3, -0.25) is 4.79 Å². The molecule has 28 heavy (non-hydrogen) atoms. The molecular weight excluding hydrogens is 417 g/mol. The molecule has 4 nitrogen and oxygen atoms in total. The zero-order valence-electron chi connectivity index (χ0n) is 14.9. The minimum Gasteiger partial charge on any atom is -0.341 e. The highest BCUT2D eigenvalue weighted by Gasteiger charge is 2.20. The summed E-state index contributed by atoms with van der Waals surface area (Å²) in [6, 6.07) is 20.4. The lowest BCUT2D eigenvalue weighted by molar-refractivity contribution is 0.0942. The largest absolute Gasteiger partial charge is 0.341 e. The summed E-state index contributed by atoms with van der Waals surface area (Å²) >= 11 is 12.1. The van der Waals surface area contributed by atoms with Crippen LogP contribution >= 0.6 is 23.2 Å². The highest BCUT2D eigenvalue weighted by Crippen LogP contribution is 2.26. The summed E-state index contributed by atoms with van der Waals surface area (Å²) in [5.74, 6) is -0.421. The number of carbonyl (C=O) groups excluding carboxylic acids is 1. The van der Waals surface area contributed by atoms with Crippen molar-refractivity contribution in [2.75, 3.05) is 6.26 Å². The van der Waals surface area contributed by atoms with Crippen LogP contribution in [0.15, 0.2) is 77.7 Å². The summed E-state index contributed by atoms with van der Waals surface area (Å²) < 4.78 is 23.8. The van der Waals surface area contributed by atoms with Crippen molar-refractivity contribution in [3.8, 4) is 0 Å². The highest BCUT2D eigenvalue weighted by molar-refractivity contribution is 7.90. The van der Waals surface area contributed by atoms with Crippen LogP contribution in [0.4, 0.5) is 0 Å². The third-order valence-electron chi connectivity index (χ3n) is 4.18. The average molecular weight is 434 g/mol. The monoisotopic (exact) mass is 433 g/mol. The Morgan fingerprint density at radius 3 is 2.21 bits per heavy atom. The maximum absolute atomic E-state index is 12.9. The van der Waals surface area contributed by atoms with Crippen molar-refractivity contribution >= 4 is 38.9 Å². The second-order valence-corrected chi connectivity index (χ2v) is 9.12. The first-order valence-electron chi connectivity index (χ1n) is 8.36. The minimum absolute atomic E-state index is 0.0773. The van der Waals surface area contributed by atoms with Gasteiger partial charge in [0.25, 0.3) is 5.91 Å². The number of hydrogen-bond donors (Lipinski definition) is 1. The van der Waals surface area contributed by atoms with Crippen LogP contribution in [0.3, 0.4) is 0 Å². The highest BCUT2D eigenvalue weighted by atomic mass is 35.5. The van der Waals surface area contributed by atoms with Gasteiger partial charge in [0.2, 0.25) is 0 Å². The summed E-state index contributed by atoms with van der Waals surface area (Å²) in [6.07, 6.45) is 1.05. The molecule has 0 fully saturated rings. The lowest BCUT2D eigenvalue weighted by atomic mass is 9.98. The molecule has 3 rings (SSSR count). The van der Waals surface area contributed by atoms with Gasteiger partial charge in [-0.1, -0.05) is 65.7 Å². The van der Waals surface area contributed by atoms with Crippen LogP contribution in [-0.4, -0.2) is 20.6 Å². The Hall–Kier alpha value is -2.34. The van der Waals surface area contributed by atoms with Crippen molar-refractivity contribution in [1.82, 2.24) is 5.32 Å². The van der Waals surface area contributed by atoms with Crippen molar-refractivity contribution in [3.05, 3.63) is 99.5 Å². The Balaban J connectivity index is 1.99. The lowest BCUT2D eigenvalue weighted by Gasteiger charge is -2.20. The molecule has 144 valence electrons. The number of sulfone groups is 1. The number of benzene rings is 3. The molecule has 1 unspecified atom stereocenters. The summed E-state index contributed by atoms with van der Waals surface area (Å²) in [6.45, 7) is 0. The molecule has 0 aliphatic heterocycles. The van der Waals surface area contributed by atoms with E-state index in [1.54, 1.807) is 12.1 Å². The van der Waals surface area contributed by atoms with Gasteiger partial charge in [0.15, 0.2) is 9.84 Å². The van der Waals surface area contributed by atoms with Crippen LogP contribution in [0.1, 0.15) is 27.5 Å². The van der Waals surface area contributed by atoms with E-state index >= 15 is 0 Å². The summed E-state index contributed by atoms with van der Waals surface area (Å²) in [4.78, 5) is 12.8. The number of hydrogen-bond acceptors (Lipinski definition) is 3. The molecule has 0 heterocycles. The van der Waals surface area contributed by atoms with Gasteiger partial charge in [-0.15, -0.1) is 0 Å². The fraction of sp³-hybridized carbons (Fsp3) is 0.0952. The SMILES string of the molecule is CS(=O)(=O)c1cc(C(=O)NC(c2ccccc2)c2cccc(Cl)c2)ccc1Cl. The van der Waals surface area contributed by atoms with Crippen LogP contribution in [0.25, 0.3) is 0 Å². The van der Waals surface area contributed by atoms with Gasteiger partial charge in [-0.25, -0.2) is 8.42 Å². The molecule has 1 N–H and O–H groups in total. The smallest absolute Gasteiger partial charge is 0.252 e. The Bertz CT molecular complexity index is 1120. The zero-order chi connectivity index (χ0) is 20.3. The van der Waals surface area contributed by atoms with E-state index in [2.05, 4.69) is 5.32 Å². The second kappa shape index (κ2) is 8.35. The first-order valence-corrected chi connectivity index (χ1v) is 11.0. The van der Waals surface area contributed by atoms with E-state index in [4.69, 9.17) is 23.2 Å². The van der Waals surface area contributed by atoms with Crippen LogP contribution < -0.4 is 5.32 Å². The van der Waals surface area contributed by atoms with E-state index in [0.29, 0.717) is 5.02 Å². The van der Waals surface area contributed by atoms with Gasteiger partial charge in [0.05, 0.1) is 16.0 Å². The predicted octanol–water partition coefficient (Wildman–Crippen LogP) is 4.92. The molecule has 1 atom stereocenters. The van der Waals surface area contributed by atoms with E-state index in [9.17, 15) is 13.2 Å². The van der Waals surface area contributed by atoms with Crippen LogP contribution in [0.5, 0.6) is 0 Å². The number of amides is 1. The predicted molar refractivity (Wildman–Crippen MR) is 112 cm³/mol. The van der Waals surface area contributed by atoms with Gasteiger partial charge < -0.3 is 5.32 Å².